The lowest BCUT2D eigenvalue weighted by Crippen LogP contribution is -2.67. The Labute approximate surface area is 131 Å². The molecule has 4 aliphatic rings. The van der Waals surface area contributed by atoms with Crippen molar-refractivity contribution >= 4 is 11.8 Å². The number of likely N-dealkylation sites (tertiary alicyclic amines) is 1. The Hall–Kier alpha value is -1.14. The van der Waals surface area contributed by atoms with E-state index in [1.807, 2.05) is 23.9 Å². The van der Waals surface area contributed by atoms with E-state index < -0.39 is 0 Å². The van der Waals surface area contributed by atoms with Gasteiger partial charge in [0.25, 0.3) is 0 Å². The second kappa shape index (κ2) is 4.93. The standard InChI is InChI=1S/C16H25N3O3/c1-17-7-8-18(2)16(15(17)21)3-5-19(6-4-16)14(20)13-11-9-22-10-12(11)13/h11-13H,3-10H2,1-2H3/t11-,12+,13?. The Morgan fingerprint density at radius 2 is 1.73 bits per heavy atom. The third kappa shape index (κ3) is 1.93. The highest BCUT2D eigenvalue weighted by Crippen LogP contribution is 2.52. The van der Waals surface area contributed by atoms with Gasteiger partial charge >= 0.3 is 0 Å². The molecule has 2 amide bonds. The minimum Gasteiger partial charge on any atom is -0.381 e. The number of ether oxygens (including phenoxy) is 1. The first-order valence-electron chi connectivity index (χ1n) is 8.38. The van der Waals surface area contributed by atoms with Crippen molar-refractivity contribution < 1.29 is 14.3 Å². The van der Waals surface area contributed by atoms with Gasteiger partial charge in [-0.1, -0.05) is 0 Å². The van der Waals surface area contributed by atoms with Crippen LogP contribution < -0.4 is 0 Å². The van der Waals surface area contributed by atoms with Crippen LogP contribution in [0.25, 0.3) is 0 Å². The predicted octanol–water partition coefficient (Wildman–Crippen LogP) is -0.356. The first kappa shape index (κ1) is 14.5. The summed E-state index contributed by atoms with van der Waals surface area (Å²) in [6, 6.07) is 0. The Balaban J connectivity index is 1.41. The van der Waals surface area contributed by atoms with Crippen LogP contribution in [0.3, 0.4) is 0 Å². The average molecular weight is 307 g/mol. The molecule has 0 aromatic carbocycles. The maximum atomic E-state index is 12.7. The number of nitrogens with zero attached hydrogens (tertiary/aromatic N) is 3. The number of hydrogen-bond acceptors (Lipinski definition) is 4. The molecule has 1 unspecified atom stereocenters. The highest BCUT2D eigenvalue weighted by molar-refractivity contribution is 5.88. The third-order valence-corrected chi connectivity index (χ3v) is 6.39. The minimum absolute atomic E-state index is 0.199. The smallest absolute Gasteiger partial charge is 0.243 e. The van der Waals surface area contributed by atoms with Crippen LogP contribution in [0.1, 0.15) is 12.8 Å². The van der Waals surface area contributed by atoms with E-state index in [0.717, 1.165) is 39.1 Å². The second-order valence-corrected chi connectivity index (χ2v) is 7.40. The molecule has 3 heterocycles. The maximum absolute atomic E-state index is 12.7. The Kier molecular flexibility index (Phi) is 3.24. The van der Waals surface area contributed by atoms with E-state index in [0.29, 0.717) is 30.8 Å². The number of carbonyl (C=O) groups is 2. The Morgan fingerprint density at radius 3 is 2.36 bits per heavy atom. The monoisotopic (exact) mass is 307 g/mol. The first-order chi connectivity index (χ1) is 10.5. The van der Waals surface area contributed by atoms with Crippen molar-refractivity contribution in [1.29, 1.82) is 0 Å². The van der Waals surface area contributed by atoms with Crippen LogP contribution in [0.4, 0.5) is 0 Å². The molecule has 22 heavy (non-hydrogen) atoms. The number of piperazine rings is 1. The van der Waals surface area contributed by atoms with Crippen molar-refractivity contribution in [3.8, 4) is 0 Å². The summed E-state index contributed by atoms with van der Waals surface area (Å²) in [4.78, 5) is 31.3. The van der Waals surface area contributed by atoms with E-state index in [1.165, 1.54) is 0 Å². The van der Waals surface area contributed by atoms with Crippen molar-refractivity contribution in [3.63, 3.8) is 0 Å². The van der Waals surface area contributed by atoms with Gasteiger partial charge in [0.2, 0.25) is 11.8 Å². The molecule has 0 radical (unpaired) electrons. The Bertz CT molecular complexity index is 491. The third-order valence-electron chi connectivity index (χ3n) is 6.39. The molecule has 0 aromatic heterocycles. The van der Waals surface area contributed by atoms with Crippen LogP contribution >= 0.6 is 0 Å². The van der Waals surface area contributed by atoms with Gasteiger partial charge < -0.3 is 14.5 Å². The van der Waals surface area contributed by atoms with E-state index in [4.69, 9.17) is 4.74 Å². The van der Waals surface area contributed by atoms with Crippen LogP contribution in [0, 0.1) is 17.8 Å². The Morgan fingerprint density at radius 1 is 1.09 bits per heavy atom. The van der Waals surface area contributed by atoms with Gasteiger partial charge in [-0.15, -0.1) is 0 Å². The first-order valence-corrected chi connectivity index (χ1v) is 8.38. The fourth-order valence-corrected chi connectivity index (χ4v) is 4.64. The number of piperidine rings is 1. The summed E-state index contributed by atoms with van der Waals surface area (Å²) in [5.74, 6) is 1.66. The van der Waals surface area contributed by atoms with E-state index in [9.17, 15) is 9.59 Å². The minimum atomic E-state index is -0.383. The number of rotatable bonds is 1. The molecule has 4 rings (SSSR count). The van der Waals surface area contributed by atoms with Crippen LogP contribution in [-0.2, 0) is 14.3 Å². The van der Waals surface area contributed by atoms with Crippen LogP contribution in [-0.4, -0.2) is 85.5 Å². The lowest BCUT2D eigenvalue weighted by molar-refractivity contribution is -0.155. The van der Waals surface area contributed by atoms with E-state index >= 15 is 0 Å². The number of likely N-dealkylation sites (N-methyl/N-ethyl adjacent to an activating group) is 2. The molecule has 6 nitrogen and oxygen atoms in total. The summed E-state index contributed by atoms with van der Waals surface area (Å²) in [5, 5.41) is 0. The van der Waals surface area contributed by atoms with Gasteiger partial charge in [-0.2, -0.15) is 0 Å². The predicted molar refractivity (Wildman–Crippen MR) is 80.1 cm³/mol. The molecule has 0 bridgehead atoms. The highest BCUT2D eigenvalue weighted by atomic mass is 16.5. The summed E-state index contributed by atoms with van der Waals surface area (Å²) in [6.45, 7) is 4.64. The summed E-state index contributed by atoms with van der Waals surface area (Å²) in [5.41, 5.74) is -0.383. The van der Waals surface area contributed by atoms with Gasteiger partial charge in [0.15, 0.2) is 0 Å². The number of hydrogen-bond donors (Lipinski definition) is 0. The van der Waals surface area contributed by atoms with Crippen molar-refractivity contribution in [1.82, 2.24) is 14.7 Å². The molecule has 1 saturated carbocycles. The molecular weight excluding hydrogens is 282 g/mol. The molecule has 0 N–H and O–H groups in total. The van der Waals surface area contributed by atoms with Gasteiger partial charge in [0.05, 0.1) is 13.2 Å². The SMILES string of the molecule is CN1CCN(C)C2(CCN(C(=O)C3[C@H]4COC[C@@H]34)CC2)C1=O. The zero-order chi connectivity index (χ0) is 15.5. The number of fused-ring (bicyclic) bond motifs is 1. The molecular formula is C16H25N3O3. The molecule has 3 aliphatic heterocycles. The van der Waals surface area contributed by atoms with Crippen LogP contribution in [0.15, 0.2) is 0 Å². The van der Waals surface area contributed by atoms with Crippen molar-refractivity contribution in [3.05, 3.63) is 0 Å². The summed E-state index contributed by atoms with van der Waals surface area (Å²) in [6.07, 6.45) is 1.52. The largest absolute Gasteiger partial charge is 0.381 e. The lowest BCUT2D eigenvalue weighted by Gasteiger charge is -2.51. The fraction of sp³-hybridized carbons (Fsp3) is 0.875. The lowest BCUT2D eigenvalue weighted by atomic mass is 9.83. The van der Waals surface area contributed by atoms with Crippen LogP contribution in [0.5, 0.6) is 0 Å². The summed E-state index contributed by atoms with van der Waals surface area (Å²) in [7, 11) is 3.94. The van der Waals surface area contributed by atoms with Crippen LogP contribution in [0.2, 0.25) is 0 Å². The van der Waals surface area contributed by atoms with Gasteiger partial charge in [-0.05, 0) is 31.7 Å². The molecule has 1 spiro atoms. The molecule has 3 atom stereocenters. The molecule has 0 aromatic rings. The fourth-order valence-electron chi connectivity index (χ4n) is 4.64. The van der Waals surface area contributed by atoms with Crippen molar-refractivity contribution in [2.24, 2.45) is 17.8 Å². The molecule has 1 aliphatic carbocycles. The molecule has 6 heteroatoms. The molecule has 3 saturated heterocycles. The number of carbonyl (C=O) groups excluding carboxylic acids is 2. The zero-order valence-corrected chi connectivity index (χ0v) is 13.5. The van der Waals surface area contributed by atoms with Gasteiger partial charge in [-0.25, -0.2) is 0 Å². The van der Waals surface area contributed by atoms with Crippen molar-refractivity contribution in [2.75, 3.05) is 53.5 Å². The van der Waals surface area contributed by atoms with Crippen molar-refractivity contribution in [2.45, 2.75) is 18.4 Å². The zero-order valence-electron chi connectivity index (χ0n) is 13.5. The summed E-state index contributed by atoms with van der Waals surface area (Å²) >= 11 is 0. The van der Waals surface area contributed by atoms with E-state index in [2.05, 4.69) is 4.90 Å². The quantitative estimate of drug-likeness (QED) is 0.664. The molecule has 122 valence electrons. The topological polar surface area (TPSA) is 53.1 Å². The second-order valence-electron chi connectivity index (χ2n) is 7.40. The van der Waals surface area contributed by atoms with Gasteiger partial charge in [0.1, 0.15) is 5.54 Å². The van der Waals surface area contributed by atoms with E-state index in [1.54, 1.807) is 0 Å². The normalized spacial score (nSPS) is 37.5. The van der Waals surface area contributed by atoms with Gasteiger partial charge in [-0.3, -0.25) is 14.5 Å². The average Bonchev–Trinajstić information content (AvgIpc) is 3.01. The molecule has 4 fully saturated rings. The van der Waals surface area contributed by atoms with Gasteiger partial charge in [0, 0.05) is 39.1 Å². The van der Waals surface area contributed by atoms with E-state index in [-0.39, 0.29) is 17.4 Å². The summed E-state index contributed by atoms with van der Waals surface area (Å²) < 4.78 is 5.38. The maximum Gasteiger partial charge on any atom is 0.243 e. The highest BCUT2D eigenvalue weighted by Gasteiger charge is 2.59. The number of amides is 2.